The molecule has 3 aliphatic carbocycles. The van der Waals surface area contributed by atoms with Crippen molar-refractivity contribution < 1.29 is 24.2 Å². The van der Waals surface area contributed by atoms with Gasteiger partial charge in [0.25, 0.3) is 0 Å². The smallest absolute Gasteiger partial charge is 0.338 e. The fourth-order valence-corrected chi connectivity index (χ4v) is 7.27. The molecule has 154 valence electrons. The van der Waals surface area contributed by atoms with Gasteiger partial charge in [0.2, 0.25) is 0 Å². The summed E-state index contributed by atoms with van der Waals surface area (Å²) in [5.74, 6) is 0.345. The number of rotatable bonds is 1. The number of esters is 1. The van der Waals surface area contributed by atoms with Gasteiger partial charge in [-0.3, -0.25) is 9.69 Å². The second-order valence-electron chi connectivity index (χ2n) is 9.84. The molecule has 2 saturated heterocycles. The quantitative estimate of drug-likeness (QED) is 0.681. The molecule has 3 heterocycles. The summed E-state index contributed by atoms with van der Waals surface area (Å²) < 4.78 is 11.2. The molecule has 29 heavy (non-hydrogen) atoms. The van der Waals surface area contributed by atoms with E-state index in [2.05, 4.69) is 11.8 Å². The van der Waals surface area contributed by atoms with E-state index in [1.54, 1.807) is 0 Å². The summed E-state index contributed by atoms with van der Waals surface area (Å²) in [6.07, 6.45) is 2.85. The van der Waals surface area contributed by atoms with Crippen LogP contribution >= 0.6 is 0 Å². The van der Waals surface area contributed by atoms with E-state index < -0.39 is 11.6 Å². The van der Waals surface area contributed by atoms with E-state index >= 15 is 0 Å². The molecule has 2 bridgehead atoms. The molecule has 3 unspecified atom stereocenters. The van der Waals surface area contributed by atoms with Crippen molar-refractivity contribution in [3.05, 3.63) is 33.6 Å². The maximum atomic E-state index is 14.0. The highest BCUT2D eigenvalue weighted by molar-refractivity contribution is 6.17. The molecule has 1 N–H and O–H groups in total. The lowest BCUT2D eigenvalue weighted by molar-refractivity contribution is -0.148. The molecular weight excluding hydrogens is 370 g/mol. The van der Waals surface area contributed by atoms with Crippen LogP contribution < -0.4 is 0 Å². The topological polar surface area (TPSA) is 76.1 Å². The number of nitrogens with zero attached hydrogens (tertiary/aromatic N) is 1. The summed E-state index contributed by atoms with van der Waals surface area (Å²) in [5.41, 5.74) is 1.93. The van der Waals surface area contributed by atoms with Gasteiger partial charge in [-0.1, -0.05) is 13.8 Å². The average Bonchev–Trinajstić information content (AvgIpc) is 3.13. The van der Waals surface area contributed by atoms with Crippen LogP contribution in [-0.4, -0.2) is 60.2 Å². The molecule has 0 aromatic heterocycles. The fourth-order valence-electron chi connectivity index (χ4n) is 7.27. The van der Waals surface area contributed by atoms with E-state index in [-0.39, 0.29) is 23.2 Å². The molecule has 3 aliphatic heterocycles. The van der Waals surface area contributed by atoms with Gasteiger partial charge in [0.05, 0.1) is 19.3 Å². The minimum atomic E-state index is -1.44. The first kappa shape index (κ1) is 17.9. The number of carbonyl (C=O) groups excluding carboxylic acids is 2. The zero-order valence-corrected chi connectivity index (χ0v) is 17.2. The van der Waals surface area contributed by atoms with Crippen LogP contribution in [0.4, 0.5) is 0 Å². The number of aliphatic hydroxyl groups is 1. The Labute approximate surface area is 170 Å². The van der Waals surface area contributed by atoms with Crippen LogP contribution in [0.2, 0.25) is 0 Å². The Morgan fingerprint density at radius 3 is 2.83 bits per heavy atom. The number of ketones is 1. The van der Waals surface area contributed by atoms with Crippen molar-refractivity contribution in [3.63, 3.8) is 0 Å². The van der Waals surface area contributed by atoms with E-state index in [0.717, 1.165) is 41.9 Å². The maximum absolute atomic E-state index is 14.0. The van der Waals surface area contributed by atoms with Gasteiger partial charge in [-0.05, 0) is 23.5 Å². The van der Waals surface area contributed by atoms with E-state index in [1.165, 1.54) is 7.11 Å². The molecule has 6 nitrogen and oxygen atoms in total. The van der Waals surface area contributed by atoms with Crippen molar-refractivity contribution in [2.24, 2.45) is 17.3 Å². The Morgan fingerprint density at radius 2 is 2.07 bits per heavy atom. The summed E-state index contributed by atoms with van der Waals surface area (Å²) >= 11 is 0. The normalized spacial score (nSPS) is 42.8. The highest BCUT2D eigenvalue weighted by Gasteiger charge is 2.66. The van der Waals surface area contributed by atoms with Crippen molar-refractivity contribution in [1.29, 1.82) is 0 Å². The van der Waals surface area contributed by atoms with Crippen LogP contribution in [0.3, 0.4) is 0 Å². The third-order valence-electron chi connectivity index (χ3n) is 8.79. The molecule has 6 heteroatoms. The number of methoxy groups -OCH3 is 1. The molecule has 2 fully saturated rings. The number of allylic oxidation sites excluding steroid dienone is 2. The molecule has 0 aromatic rings. The molecule has 0 spiro atoms. The van der Waals surface area contributed by atoms with Crippen LogP contribution in [0.5, 0.6) is 0 Å². The lowest BCUT2D eigenvalue weighted by atomic mass is 9.65. The molecule has 0 saturated carbocycles. The van der Waals surface area contributed by atoms with Crippen LogP contribution in [0, 0.1) is 17.3 Å². The number of Topliss-reactive ketones (excluding diaryl/α,β-unsaturated/α-hetero) is 1. The zero-order chi connectivity index (χ0) is 20.3. The minimum absolute atomic E-state index is 0.0946. The standard InChI is InChI=1S/C23H27NO5/c1-11-9-24-10-12-4-5-14-16-13(6-7-29-14)17(21(26)28-3)18-19(16)22(12,2)15(24)8-23(11,27)20(18)25/h11-12,15,27H,4-10H2,1-3H3/t11?,12-,15-,22?,23?/m1/s1. The number of hydrogen-bond donors (Lipinski definition) is 1. The van der Waals surface area contributed by atoms with Gasteiger partial charge in [0.1, 0.15) is 11.4 Å². The van der Waals surface area contributed by atoms with Crippen LogP contribution in [0.1, 0.15) is 39.5 Å². The van der Waals surface area contributed by atoms with Crippen molar-refractivity contribution in [2.45, 2.75) is 51.2 Å². The highest BCUT2D eigenvalue weighted by atomic mass is 16.5. The Morgan fingerprint density at radius 1 is 1.28 bits per heavy atom. The number of fused-ring (bicyclic) bond motifs is 1. The Balaban J connectivity index is 1.73. The van der Waals surface area contributed by atoms with Crippen molar-refractivity contribution in [3.8, 4) is 0 Å². The van der Waals surface area contributed by atoms with Gasteiger partial charge >= 0.3 is 5.97 Å². The van der Waals surface area contributed by atoms with E-state index in [4.69, 9.17) is 9.47 Å². The molecule has 5 atom stereocenters. The molecule has 6 rings (SSSR count). The predicted octanol–water partition coefficient (Wildman–Crippen LogP) is 1.89. The fraction of sp³-hybridized carbons (Fsp3) is 0.652. The van der Waals surface area contributed by atoms with E-state index in [0.29, 0.717) is 43.1 Å². The zero-order valence-electron chi connectivity index (χ0n) is 17.2. The second kappa shape index (κ2) is 5.41. The number of ether oxygens (including phenoxy) is 2. The molecular formula is C23H27NO5. The third-order valence-corrected chi connectivity index (χ3v) is 8.79. The predicted molar refractivity (Wildman–Crippen MR) is 104 cm³/mol. The van der Waals surface area contributed by atoms with Crippen molar-refractivity contribution in [1.82, 2.24) is 4.90 Å². The molecule has 0 amide bonds. The van der Waals surface area contributed by atoms with Crippen LogP contribution in [-0.2, 0) is 19.1 Å². The summed E-state index contributed by atoms with van der Waals surface area (Å²) in [6, 6.07) is 0.0946. The van der Waals surface area contributed by atoms with Gasteiger partial charge in [-0.2, -0.15) is 0 Å². The summed E-state index contributed by atoms with van der Waals surface area (Å²) in [7, 11) is 1.36. The van der Waals surface area contributed by atoms with Gasteiger partial charge in [-0.25, -0.2) is 4.79 Å². The number of piperidine rings is 1. The Bertz CT molecular complexity index is 974. The van der Waals surface area contributed by atoms with Gasteiger partial charge in [0, 0.05) is 60.9 Å². The Hall–Kier alpha value is -1.92. The van der Waals surface area contributed by atoms with Crippen LogP contribution in [0.15, 0.2) is 33.6 Å². The Kier molecular flexibility index (Phi) is 3.34. The SMILES string of the molecule is COC(=O)C1=C2CCOC3=C2C2=C1C(=O)C1(O)C[C@H]4N(CC1C)C[C@@H](CC3)C24C. The van der Waals surface area contributed by atoms with Gasteiger partial charge in [0.15, 0.2) is 5.78 Å². The first-order valence-corrected chi connectivity index (χ1v) is 10.8. The largest absolute Gasteiger partial charge is 0.497 e. The average molecular weight is 397 g/mol. The van der Waals surface area contributed by atoms with Gasteiger partial charge in [-0.15, -0.1) is 0 Å². The summed E-state index contributed by atoms with van der Waals surface area (Å²) in [6.45, 7) is 6.42. The number of carbonyl (C=O) groups is 2. The second-order valence-corrected chi connectivity index (χ2v) is 9.84. The monoisotopic (exact) mass is 397 g/mol. The molecule has 0 aromatic carbocycles. The lowest BCUT2D eigenvalue weighted by Crippen LogP contribution is -2.59. The van der Waals surface area contributed by atoms with Crippen molar-refractivity contribution in [2.75, 3.05) is 26.8 Å². The minimum Gasteiger partial charge on any atom is -0.497 e. The number of hydrogen-bond acceptors (Lipinski definition) is 6. The third kappa shape index (κ3) is 1.86. The lowest BCUT2D eigenvalue weighted by Gasteiger charge is -2.47. The van der Waals surface area contributed by atoms with Gasteiger partial charge < -0.3 is 14.6 Å². The van der Waals surface area contributed by atoms with Crippen LogP contribution in [0.25, 0.3) is 0 Å². The first-order chi connectivity index (χ1) is 13.8. The summed E-state index contributed by atoms with van der Waals surface area (Å²) in [4.78, 5) is 29.4. The summed E-state index contributed by atoms with van der Waals surface area (Å²) in [5, 5.41) is 11.7. The highest BCUT2D eigenvalue weighted by Crippen LogP contribution is 2.65. The van der Waals surface area contributed by atoms with E-state index in [9.17, 15) is 14.7 Å². The van der Waals surface area contributed by atoms with E-state index in [1.807, 2.05) is 6.92 Å². The molecule has 0 radical (unpaired) electrons. The van der Waals surface area contributed by atoms with Crippen molar-refractivity contribution >= 4 is 11.8 Å². The molecule has 6 aliphatic rings. The first-order valence-electron chi connectivity index (χ1n) is 10.8. The maximum Gasteiger partial charge on any atom is 0.338 e.